The molecule has 86 valence electrons. The Morgan fingerprint density at radius 3 is 2.50 bits per heavy atom. The summed E-state index contributed by atoms with van der Waals surface area (Å²) < 4.78 is 0. The summed E-state index contributed by atoms with van der Waals surface area (Å²) in [5, 5.41) is 10.1. The molecule has 0 fully saturated rings. The van der Waals surface area contributed by atoms with Crippen LogP contribution in [0.5, 0.6) is 0 Å². The summed E-state index contributed by atoms with van der Waals surface area (Å²) in [4.78, 5) is 2.50. The highest BCUT2D eigenvalue weighted by molar-refractivity contribution is 5.66. The molecule has 0 saturated heterocycles. The van der Waals surface area contributed by atoms with E-state index in [-0.39, 0.29) is 0 Å². The van der Waals surface area contributed by atoms with Gasteiger partial charge in [0.15, 0.2) is 0 Å². The molecule has 0 amide bonds. The predicted molar refractivity (Wildman–Crippen MR) is 65.9 cm³/mol. The first-order chi connectivity index (χ1) is 7.55. The van der Waals surface area contributed by atoms with Crippen molar-refractivity contribution in [3.8, 4) is 0 Å². The summed E-state index contributed by atoms with van der Waals surface area (Å²) in [6, 6.07) is 4.40. The Labute approximate surface area is 96.9 Å². The van der Waals surface area contributed by atoms with Crippen molar-refractivity contribution in [1.29, 1.82) is 0 Å². The summed E-state index contributed by atoms with van der Waals surface area (Å²) in [5.74, 6) is 0. The number of hydrogen-bond donors (Lipinski definition) is 1. The molecule has 2 aliphatic rings. The molecule has 2 heteroatoms. The van der Waals surface area contributed by atoms with E-state index in [1.165, 1.54) is 36.2 Å². The van der Waals surface area contributed by atoms with Gasteiger partial charge in [-0.2, -0.15) is 0 Å². The molecule has 0 atom stereocenters. The molecule has 0 spiro atoms. The second-order valence-corrected chi connectivity index (χ2v) is 5.54. The maximum Gasteiger partial charge on any atom is 0.0840 e. The van der Waals surface area contributed by atoms with Crippen molar-refractivity contribution in [1.82, 2.24) is 0 Å². The first-order valence-corrected chi connectivity index (χ1v) is 6.19. The average Bonchev–Trinajstić information content (AvgIpc) is 2.62. The summed E-state index contributed by atoms with van der Waals surface area (Å²) in [5.41, 5.74) is 4.72. The van der Waals surface area contributed by atoms with Gasteiger partial charge in [-0.15, -0.1) is 0 Å². The lowest BCUT2D eigenvalue weighted by Crippen LogP contribution is -2.27. The zero-order chi connectivity index (χ0) is 11.3. The highest BCUT2D eigenvalue weighted by Gasteiger charge is 2.28. The fraction of sp³-hybridized carbons (Fsp3) is 0.571. The van der Waals surface area contributed by atoms with Gasteiger partial charge in [0, 0.05) is 18.8 Å². The monoisotopic (exact) mass is 217 g/mol. The SMILES string of the molecule is CC(C)(O)c1cc2c3c(c1)CCN3CCC2. The number of rotatable bonds is 1. The van der Waals surface area contributed by atoms with Crippen molar-refractivity contribution in [2.75, 3.05) is 18.0 Å². The third-order valence-corrected chi connectivity index (χ3v) is 3.82. The highest BCUT2D eigenvalue weighted by Crippen LogP contribution is 2.38. The molecule has 0 aromatic heterocycles. The van der Waals surface area contributed by atoms with E-state index in [4.69, 9.17) is 0 Å². The van der Waals surface area contributed by atoms with Crippen molar-refractivity contribution >= 4 is 5.69 Å². The summed E-state index contributed by atoms with van der Waals surface area (Å²) in [6.07, 6.45) is 3.57. The van der Waals surface area contributed by atoms with Crippen LogP contribution in [0.2, 0.25) is 0 Å². The minimum Gasteiger partial charge on any atom is -0.386 e. The number of benzene rings is 1. The van der Waals surface area contributed by atoms with E-state index >= 15 is 0 Å². The van der Waals surface area contributed by atoms with Gasteiger partial charge in [0.25, 0.3) is 0 Å². The van der Waals surface area contributed by atoms with Gasteiger partial charge in [0.05, 0.1) is 5.60 Å². The van der Waals surface area contributed by atoms with Crippen molar-refractivity contribution in [3.05, 3.63) is 28.8 Å². The number of anilines is 1. The highest BCUT2D eigenvalue weighted by atomic mass is 16.3. The van der Waals surface area contributed by atoms with Crippen LogP contribution in [0.25, 0.3) is 0 Å². The standard InChI is InChI=1S/C14H19NO/c1-14(2,16)12-8-10-4-3-6-15-7-5-11(9-12)13(10)15/h8-9,16H,3-7H2,1-2H3. The van der Waals surface area contributed by atoms with Crippen LogP contribution < -0.4 is 4.90 Å². The van der Waals surface area contributed by atoms with Crippen molar-refractivity contribution in [3.63, 3.8) is 0 Å². The Morgan fingerprint density at radius 1 is 1.12 bits per heavy atom. The first-order valence-electron chi connectivity index (χ1n) is 6.19. The van der Waals surface area contributed by atoms with Gasteiger partial charge < -0.3 is 10.0 Å². The normalized spacial score (nSPS) is 18.8. The number of aliphatic hydroxyl groups is 1. The van der Waals surface area contributed by atoms with E-state index in [9.17, 15) is 5.11 Å². The maximum atomic E-state index is 10.1. The van der Waals surface area contributed by atoms with Crippen molar-refractivity contribution in [2.24, 2.45) is 0 Å². The largest absolute Gasteiger partial charge is 0.386 e. The molecule has 3 rings (SSSR count). The second kappa shape index (κ2) is 3.24. The number of hydrogen-bond acceptors (Lipinski definition) is 2. The number of aryl methyl sites for hydroxylation is 1. The molecule has 0 unspecified atom stereocenters. The molecule has 2 aliphatic heterocycles. The van der Waals surface area contributed by atoms with E-state index in [0.717, 1.165) is 18.5 Å². The Morgan fingerprint density at radius 2 is 1.81 bits per heavy atom. The van der Waals surface area contributed by atoms with Crippen LogP contribution in [-0.2, 0) is 18.4 Å². The van der Waals surface area contributed by atoms with Crippen LogP contribution in [0.1, 0.15) is 37.0 Å². The van der Waals surface area contributed by atoms with Gasteiger partial charge in [0.2, 0.25) is 0 Å². The van der Waals surface area contributed by atoms with Gasteiger partial charge in [-0.1, -0.05) is 12.1 Å². The molecule has 0 saturated carbocycles. The minimum atomic E-state index is -0.712. The zero-order valence-electron chi connectivity index (χ0n) is 10.1. The third kappa shape index (κ3) is 1.44. The lowest BCUT2D eigenvalue weighted by atomic mass is 9.90. The summed E-state index contributed by atoms with van der Waals surface area (Å²) >= 11 is 0. The van der Waals surface area contributed by atoms with E-state index in [1.807, 2.05) is 13.8 Å². The Kier molecular flexibility index (Phi) is 2.05. The van der Waals surface area contributed by atoms with Crippen LogP contribution in [0.3, 0.4) is 0 Å². The first kappa shape index (κ1) is 10.2. The Bertz CT molecular complexity index is 431. The van der Waals surface area contributed by atoms with E-state index < -0.39 is 5.60 Å². The molecule has 2 nitrogen and oxygen atoms in total. The van der Waals surface area contributed by atoms with Gasteiger partial charge in [-0.05, 0) is 49.8 Å². The smallest absolute Gasteiger partial charge is 0.0840 e. The Hall–Kier alpha value is -1.02. The summed E-state index contributed by atoms with van der Waals surface area (Å²) in [6.45, 7) is 6.12. The van der Waals surface area contributed by atoms with Crippen molar-refractivity contribution < 1.29 is 5.11 Å². The van der Waals surface area contributed by atoms with Crippen molar-refractivity contribution in [2.45, 2.75) is 38.7 Å². The predicted octanol–water partition coefficient (Wildman–Crippen LogP) is 2.22. The molecule has 2 heterocycles. The topological polar surface area (TPSA) is 23.5 Å². The molecule has 16 heavy (non-hydrogen) atoms. The lowest BCUT2D eigenvalue weighted by molar-refractivity contribution is 0.0784. The maximum absolute atomic E-state index is 10.1. The van der Waals surface area contributed by atoms with Crippen LogP contribution in [0, 0.1) is 0 Å². The van der Waals surface area contributed by atoms with Crippen LogP contribution in [0.15, 0.2) is 12.1 Å². The van der Waals surface area contributed by atoms with E-state index in [0.29, 0.717) is 0 Å². The van der Waals surface area contributed by atoms with Gasteiger partial charge in [-0.3, -0.25) is 0 Å². The molecule has 1 N–H and O–H groups in total. The van der Waals surface area contributed by atoms with E-state index in [2.05, 4.69) is 17.0 Å². The fourth-order valence-corrected chi connectivity index (χ4v) is 2.95. The molecular weight excluding hydrogens is 198 g/mol. The van der Waals surface area contributed by atoms with Gasteiger partial charge in [0.1, 0.15) is 0 Å². The van der Waals surface area contributed by atoms with Crippen LogP contribution in [0.4, 0.5) is 5.69 Å². The minimum absolute atomic E-state index is 0.712. The molecule has 0 bridgehead atoms. The Balaban J connectivity index is 2.15. The number of nitrogens with zero attached hydrogens (tertiary/aromatic N) is 1. The van der Waals surface area contributed by atoms with Gasteiger partial charge >= 0.3 is 0 Å². The molecule has 0 aliphatic carbocycles. The summed E-state index contributed by atoms with van der Waals surface area (Å²) in [7, 11) is 0. The molecular formula is C14H19NO. The molecule has 1 aromatic carbocycles. The second-order valence-electron chi connectivity index (χ2n) is 5.54. The lowest BCUT2D eigenvalue weighted by Gasteiger charge is -2.29. The van der Waals surface area contributed by atoms with Crippen LogP contribution >= 0.6 is 0 Å². The fourth-order valence-electron chi connectivity index (χ4n) is 2.95. The zero-order valence-corrected chi connectivity index (χ0v) is 10.1. The average molecular weight is 217 g/mol. The van der Waals surface area contributed by atoms with Gasteiger partial charge in [-0.25, -0.2) is 0 Å². The quantitative estimate of drug-likeness (QED) is 0.779. The van der Waals surface area contributed by atoms with Crippen LogP contribution in [-0.4, -0.2) is 18.2 Å². The third-order valence-electron chi connectivity index (χ3n) is 3.82. The molecule has 0 radical (unpaired) electrons. The van der Waals surface area contributed by atoms with E-state index in [1.54, 1.807) is 0 Å². The molecule has 1 aromatic rings.